The Hall–Kier alpha value is -1.74. The van der Waals surface area contributed by atoms with Gasteiger partial charge in [0, 0.05) is 25.9 Å². The predicted octanol–water partition coefficient (Wildman–Crippen LogP) is 1.77. The number of piperazine rings is 1. The van der Waals surface area contributed by atoms with Gasteiger partial charge < -0.3 is 4.90 Å². The van der Waals surface area contributed by atoms with Crippen LogP contribution >= 0.6 is 0 Å². The van der Waals surface area contributed by atoms with Crippen LogP contribution in [0.3, 0.4) is 0 Å². The summed E-state index contributed by atoms with van der Waals surface area (Å²) in [6.07, 6.45) is 1.07. The highest BCUT2D eigenvalue weighted by atomic mass is 32.2. The molecule has 140 valence electrons. The molecule has 1 aliphatic heterocycles. The molecule has 0 aliphatic carbocycles. The number of sulfone groups is 1. The second-order valence-electron chi connectivity index (χ2n) is 6.55. The second-order valence-corrected chi connectivity index (χ2v) is 10.5. The van der Waals surface area contributed by atoms with Gasteiger partial charge >= 0.3 is 0 Å². The third-order valence-corrected chi connectivity index (χ3v) is 7.57. The number of nitrogens with zero attached hydrogens (tertiary/aromatic N) is 2. The van der Waals surface area contributed by atoms with Crippen LogP contribution < -0.4 is 0 Å². The minimum Gasteiger partial charge on any atom is -0.303 e. The molecule has 0 saturated carbocycles. The molecule has 2 aromatic rings. The van der Waals surface area contributed by atoms with Crippen molar-refractivity contribution in [2.75, 3.05) is 32.9 Å². The Balaban J connectivity index is 2.04. The molecule has 26 heavy (non-hydrogen) atoms. The topological polar surface area (TPSA) is 74.8 Å². The zero-order valence-corrected chi connectivity index (χ0v) is 16.4. The number of benzene rings is 2. The molecule has 0 bridgehead atoms. The van der Waals surface area contributed by atoms with Crippen molar-refractivity contribution in [3.8, 4) is 0 Å². The van der Waals surface area contributed by atoms with Crippen LogP contribution in [0.5, 0.6) is 0 Å². The minimum atomic E-state index is -3.82. The Morgan fingerprint density at radius 1 is 0.885 bits per heavy atom. The molecule has 0 N–H and O–H groups in total. The van der Waals surface area contributed by atoms with Gasteiger partial charge in [0.05, 0.1) is 15.8 Å². The fourth-order valence-corrected chi connectivity index (χ4v) is 5.52. The molecule has 1 saturated heterocycles. The van der Waals surface area contributed by atoms with E-state index in [4.69, 9.17) is 0 Å². The molecule has 1 heterocycles. The van der Waals surface area contributed by atoms with Crippen LogP contribution in [0.1, 0.15) is 11.6 Å². The Morgan fingerprint density at radius 3 is 2.19 bits per heavy atom. The van der Waals surface area contributed by atoms with Gasteiger partial charge in [-0.05, 0) is 30.8 Å². The van der Waals surface area contributed by atoms with Crippen LogP contribution in [0, 0.1) is 0 Å². The smallest absolute Gasteiger partial charge is 0.243 e. The zero-order chi connectivity index (χ0) is 18.9. The van der Waals surface area contributed by atoms with Crippen LogP contribution in [-0.2, 0) is 19.9 Å². The maximum atomic E-state index is 13.3. The highest BCUT2D eigenvalue weighted by Crippen LogP contribution is 2.31. The molecule has 8 heteroatoms. The monoisotopic (exact) mass is 394 g/mol. The van der Waals surface area contributed by atoms with Crippen molar-refractivity contribution in [3.05, 3.63) is 60.2 Å². The van der Waals surface area contributed by atoms with E-state index >= 15 is 0 Å². The van der Waals surface area contributed by atoms with E-state index in [9.17, 15) is 16.8 Å². The first kappa shape index (κ1) is 19.0. The van der Waals surface area contributed by atoms with E-state index < -0.39 is 19.9 Å². The van der Waals surface area contributed by atoms with Gasteiger partial charge in [0.15, 0.2) is 9.84 Å². The van der Waals surface area contributed by atoms with Crippen LogP contribution in [0.4, 0.5) is 0 Å². The van der Waals surface area contributed by atoms with Crippen molar-refractivity contribution in [2.45, 2.75) is 15.8 Å². The number of rotatable bonds is 4. The predicted molar refractivity (Wildman–Crippen MR) is 100 cm³/mol. The molecule has 1 unspecified atom stereocenters. The number of sulfonamides is 1. The molecule has 1 fully saturated rings. The molecule has 0 radical (unpaired) electrons. The Bertz CT molecular complexity index is 989. The van der Waals surface area contributed by atoms with Gasteiger partial charge in [-0.2, -0.15) is 4.31 Å². The first-order valence-corrected chi connectivity index (χ1v) is 11.6. The maximum Gasteiger partial charge on any atom is 0.243 e. The number of likely N-dealkylation sites (N-methyl/N-ethyl adjacent to an activating group) is 1. The average Bonchev–Trinajstić information content (AvgIpc) is 2.61. The summed E-state index contributed by atoms with van der Waals surface area (Å²) >= 11 is 0. The Morgan fingerprint density at radius 2 is 1.54 bits per heavy atom. The third-order valence-electron chi connectivity index (χ3n) is 4.56. The van der Waals surface area contributed by atoms with Gasteiger partial charge in [-0.15, -0.1) is 0 Å². The van der Waals surface area contributed by atoms with E-state index in [0.29, 0.717) is 19.6 Å². The largest absolute Gasteiger partial charge is 0.303 e. The first-order chi connectivity index (χ1) is 12.2. The molecule has 6 nitrogen and oxygen atoms in total. The average molecular weight is 395 g/mol. The summed E-state index contributed by atoms with van der Waals surface area (Å²) < 4.78 is 51.6. The van der Waals surface area contributed by atoms with E-state index in [1.165, 1.54) is 28.6 Å². The number of hydrogen-bond donors (Lipinski definition) is 0. The van der Waals surface area contributed by atoms with E-state index in [1.54, 1.807) is 0 Å². The Labute approximate surface area is 155 Å². The molecule has 0 amide bonds. The molecule has 2 aromatic carbocycles. The Kier molecular flexibility index (Phi) is 5.21. The van der Waals surface area contributed by atoms with Gasteiger partial charge in [0.25, 0.3) is 0 Å². The molecular weight excluding hydrogens is 372 g/mol. The lowest BCUT2D eigenvalue weighted by Crippen LogP contribution is -2.49. The lowest BCUT2D eigenvalue weighted by atomic mass is 10.1. The van der Waals surface area contributed by atoms with Crippen molar-refractivity contribution in [2.24, 2.45) is 0 Å². The normalized spacial score (nSPS) is 20.2. The van der Waals surface area contributed by atoms with Gasteiger partial charge in [0.2, 0.25) is 10.0 Å². The molecule has 3 rings (SSSR count). The highest BCUT2D eigenvalue weighted by molar-refractivity contribution is 7.91. The summed E-state index contributed by atoms with van der Waals surface area (Å²) in [7, 11) is -5.34. The van der Waals surface area contributed by atoms with Crippen molar-refractivity contribution < 1.29 is 16.8 Å². The van der Waals surface area contributed by atoms with Crippen molar-refractivity contribution in [3.63, 3.8) is 0 Å². The molecular formula is C18H22N2O4S2. The summed E-state index contributed by atoms with van der Waals surface area (Å²) in [5, 5.41) is 0. The van der Waals surface area contributed by atoms with E-state index in [-0.39, 0.29) is 15.8 Å². The fraction of sp³-hybridized carbons (Fsp3) is 0.333. The van der Waals surface area contributed by atoms with Gasteiger partial charge in [-0.25, -0.2) is 16.8 Å². The van der Waals surface area contributed by atoms with E-state index in [0.717, 1.165) is 11.8 Å². The van der Waals surface area contributed by atoms with E-state index in [2.05, 4.69) is 4.90 Å². The van der Waals surface area contributed by atoms with Crippen molar-refractivity contribution >= 4 is 19.9 Å². The van der Waals surface area contributed by atoms with Crippen molar-refractivity contribution in [1.29, 1.82) is 0 Å². The van der Waals surface area contributed by atoms with Crippen LogP contribution in [0.25, 0.3) is 0 Å². The minimum absolute atomic E-state index is 0.00367. The summed E-state index contributed by atoms with van der Waals surface area (Å²) in [6, 6.07) is 14.8. The molecule has 0 aromatic heterocycles. The maximum absolute atomic E-state index is 13.3. The zero-order valence-electron chi connectivity index (χ0n) is 14.7. The summed E-state index contributed by atoms with van der Waals surface area (Å²) in [4.78, 5) is 2.10. The summed E-state index contributed by atoms with van der Waals surface area (Å²) in [5.74, 6) is 0. The van der Waals surface area contributed by atoms with Crippen LogP contribution in [-0.4, -0.2) is 59.0 Å². The number of hydrogen-bond acceptors (Lipinski definition) is 5. The van der Waals surface area contributed by atoms with Crippen LogP contribution in [0.2, 0.25) is 0 Å². The summed E-state index contributed by atoms with van der Waals surface area (Å²) in [5.41, 5.74) is 0.918. The summed E-state index contributed by atoms with van der Waals surface area (Å²) in [6.45, 7) is 1.55. The third kappa shape index (κ3) is 3.83. The van der Waals surface area contributed by atoms with Gasteiger partial charge in [0.1, 0.15) is 0 Å². The molecule has 1 aliphatic rings. The van der Waals surface area contributed by atoms with Gasteiger partial charge in [-0.1, -0.05) is 36.4 Å². The lowest BCUT2D eigenvalue weighted by Gasteiger charge is -2.39. The van der Waals surface area contributed by atoms with Crippen molar-refractivity contribution in [1.82, 2.24) is 9.21 Å². The van der Waals surface area contributed by atoms with Gasteiger partial charge in [-0.3, -0.25) is 0 Å². The highest BCUT2D eigenvalue weighted by Gasteiger charge is 2.36. The fourth-order valence-electron chi connectivity index (χ4n) is 3.14. The first-order valence-electron chi connectivity index (χ1n) is 8.25. The molecule has 1 atom stereocenters. The van der Waals surface area contributed by atoms with Crippen LogP contribution in [0.15, 0.2) is 64.4 Å². The lowest BCUT2D eigenvalue weighted by molar-refractivity contribution is 0.160. The molecule has 0 spiro atoms. The second kappa shape index (κ2) is 7.11. The standard InChI is InChI=1S/C18H22N2O4S2/c1-19-11-12-20(18(14-19)15-7-4-3-5-8-15)26(23,24)17-10-6-9-16(13-17)25(2,21)22/h3-10,13,18H,11-12,14H2,1-2H3. The van der Waals surface area contributed by atoms with E-state index in [1.807, 2.05) is 37.4 Å². The quantitative estimate of drug-likeness (QED) is 0.790. The SMILES string of the molecule is CN1CCN(S(=O)(=O)c2cccc(S(C)(=O)=O)c2)C(c2ccccc2)C1.